The Morgan fingerprint density at radius 1 is 1.43 bits per heavy atom. The maximum Gasteiger partial charge on any atom is 0.408 e. The Hall–Kier alpha value is -1.93. The van der Waals surface area contributed by atoms with Gasteiger partial charge in [0, 0.05) is 5.56 Å². The number of carbonyl (C=O) groups excluding carboxylic acids is 1. The fourth-order valence-electron chi connectivity index (χ4n) is 2.49. The molecule has 1 aromatic carbocycles. The van der Waals surface area contributed by atoms with Crippen molar-refractivity contribution < 1.29 is 14.3 Å². The van der Waals surface area contributed by atoms with Gasteiger partial charge in [0.2, 0.25) is 0 Å². The van der Waals surface area contributed by atoms with Crippen LogP contribution in [0.5, 0.6) is 5.75 Å². The molecule has 0 bridgehead atoms. The molecular formula is C17H21ClN2O3. The summed E-state index contributed by atoms with van der Waals surface area (Å²) in [5, 5.41) is 11.3. The fraction of sp³-hybridized carbons (Fsp3) is 0.529. The zero-order valence-corrected chi connectivity index (χ0v) is 14.7. The second kappa shape index (κ2) is 5.93. The van der Waals surface area contributed by atoms with Gasteiger partial charge in [0.1, 0.15) is 17.0 Å². The molecule has 0 fully saturated rings. The number of alkyl halides is 1. The normalized spacial score (nSPS) is 22.3. The molecule has 0 radical (unpaired) electrons. The quantitative estimate of drug-likeness (QED) is 0.789. The van der Waals surface area contributed by atoms with Crippen LogP contribution in [-0.2, 0) is 4.74 Å². The fourth-order valence-corrected chi connectivity index (χ4v) is 3.02. The highest BCUT2D eigenvalue weighted by Gasteiger charge is 2.44. The summed E-state index contributed by atoms with van der Waals surface area (Å²) in [5.41, 5.74) is -0.137. The molecule has 0 unspecified atom stereocenters. The van der Waals surface area contributed by atoms with E-state index in [9.17, 15) is 4.79 Å². The minimum absolute atomic E-state index is 0.494. The molecule has 1 heterocycles. The van der Waals surface area contributed by atoms with E-state index in [1.54, 1.807) is 39.0 Å². The highest BCUT2D eigenvalue weighted by Crippen LogP contribution is 2.43. The minimum atomic E-state index is -0.718. The molecule has 1 amide bonds. The van der Waals surface area contributed by atoms with Crippen molar-refractivity contribution in [3.63, 3.8) is 0 Å². The van der Waals surface area contributed by atoms with Crippen molar-refractivity contribution in [2.75, 3.05) is 0 Å². The standard InChI is InChI=1S/C17H21ClN2O3/c1-16(2,3)23-15(21)20-14-13(18)11-8-10(9-19)6-7-12(11)22-17(14,4)5/h6-8,13-14H,1-5H3,(H,20,21)/t13-,14+/m0/s1. The van der Waals surface area contributed by atoms with Gasteiger partial charge in [-0.3, -0.25) is 0 Å². The number of fused-ring (bicyclic) bond motifs is 1. The van der Waals surface area contributed by atoms with Crippen LogP contribution < -0.4 is 10.1 Å². The van der Waals surface area contributed by atoms with Gasteiger partial charge in [-0.25, -0.2) is 4.79 Å². The van der Waals surface area contributed by atoms with E-state index in [1.807, 2.05) is 13.8 Å². The largest absolute Gasteiger partial charge is 0.485 e. The Bertz CT molecular complexity index is 659. The van der Waals surface area contributed by atoms with Crippen LogP contribution in [0.3, 0.4) is 0 Å². The number of ether oxygens (including phenoxy) is 2. The zero-order chi connectivity index (χ0) is 17.4. The summed E-state index contributed by atoms with van der Waals surface area (Å²) >= 11 is 6.58. The van der Waals surface area contributed by atoms with E-state index in [4.69, 9.17) is 26.3 Å². The number of hydrogen-bond acceptors (Lipinski definition) is 4. The van der Waals surface area contributed by atoms with Gasteiger partial charge in [-0.1, -0.05) is 0 Å². The number of hydrogen-bond donors (Lipinski definition) is 1. The number of benzene rings is 1. The molecule has 23 heavy (non-hydrogen) atoms. The van der Waals surface area contributed by atoms with E-state index in [-0.39, 0.29) is 0 Å². The van der Waals surface area contributed by atoms with Crippen LogP contribution in [0.2, 0.25) is 0 Å². The number of amides is 1. The molecule has 1 aliphatic heterocycles. The van der Waals surface area contributed by atoms with Crippen LogP contribution >= 0.6 is 11.6 Å². The van der Waals surface area contributed by atoms with Crippen molar-refractivity contribution in [2.45, 2.75) is 57.2 Å². The monoisotopic (exact) mass is 336 g/mol. The predicted octanol–water partition coefficient (Wildman–Crippen LogP) is 3.90. The molecule has 0 spiro atoms. The average molecular weight is 337 g/mol. The van der Waals surface area contributed by atoms with Crippen molar-refractivity contribution in [1.29, 1.82) is 5.26 Å². The molecule has 0 saturated heterocycles. The lowest BCUT2D eigenvalue weighted by atomic mass is 9.87. The number of nitrogens with zero attached hydrogens (tertiary/aromatic N) is 1. The van der Waals surface area contributed by atoms with E-state index in [0.29, 0.717) is 16.9 Å². The minimum Gasteiger partial charge on any atom is -0.485 e. The second-order valence-corrected chi connectivity index (χ2v) is 7.57. The van der Waals surface area contributed by atoms with Gasteiger partial charge in [-0.15, -0.1) is 11.6 Å². The number of rotatable bonds is 1. The van der Waals surface area contributed by atoms with Gasteiger partial charge < -0.3 is 14.8 Å². The summed E-state index contributed by atoms with van der Waals surface area (Å²) in [6, 6.07) is 6.68. The van der Waals surface area contributed by atoms with Crippen molar-refractivity contribution >= 4 is 17.7 Å². The number of carbonyl (C=O) groups is 1. The van der Waals surface area contributed by atoms with E-state index >= 15 is 0 Å². The lowest BCUT2D eigenvalue weighted by Gasteiger charge is -2.43. The summed E-state index contributed by atoms with van der Waals surface area (Å²) in [6.07, 6.45) is -0.551. The number of halogens is 1. The SMILES string of the molecule is CC(C)(C)OC(=O)N[C@@H]1[C@@H](Cl)c2cc(C#N)ccc2OC1(C)C. The van der Waals surface area contributed by atoms with Crippen molar-refractivity contribution in [3.05, 3.63) is 29.3 Å². The predicted molar refractivity (Wildman–Crippen MR) is 87.6 cm³/mol. The molecule has 2 atom stereocenters. The third-order valence-electron chi connectivity index (χ3n) is 3.52. The number of nitriles is 1. The third kappa shape index (κ3) is 3.89. The molecule has 1 aliphatic rings. The van der Waals surface area contributed by atoms with E-state index in [0.717, 1.165) is 0 Å². The summed E-state index contributed by atoms with van der Waals surface area (Å²) in [5.74, 6) is 0.622. The highest BCUT2D eigenvalue weighted by molar-refractivity contribution is 6.21. The van der Waals surface area contributed by atoms with Crippen LogP contribution in [0.1, 0.15) is 51.1 Å². The topological polar surface area (TPSA) is 71.3 Å². The van der Waals surface area contributed by atoms with Crippen LogP contribution in [0.15, 0.2) is 18.2 Å². The lowest BCUT2D eigenvalue weighted by Crippen LogP contribution is -2.57. The van der Waals surface area contributed by atoms with Gasteiger partial charge in [0.25, 0.3) is 0 Å². The molecule has 0 aliphatic carbocycles. The average Bonchev–Trinajstić information content (AvgIpc) is 2.41. The first-order chi connectivity index (χ1) is 10.5. The van der Waals surface area contributed by atoms with E-state index in [2.05, 4.69) is 11.4 Å². The molecule has 124 valence electrons. The molecule has 2 rings (SSSR count). The Morgan fingerprint density at radius 2 is 2.09 bits per heavy atom. The summed E-state index contributed by atoms with van der Waals surface area (Å²) in [4.78, 5) is 12.1. The lowest BCUT2D eigenvalue weighted by molar-refractivity contribution is 0.0207. The molecule has 1 aromatic rings. The van der Waals surface area contributed by atoms with Crippen molar-refractivity contribution in [3.8, 4) is 11.8 Å². The summed E-state index contributed by atoms with van der Waals surface area (Å²) < 4.78 is 11.3. The van der Waals surface area contributed by atoms with Crippen LogP contribution in [0.4, 0.5) is 4.79 Å². The molecule has 0 aromatic heterocycles. The maximum atomic E-state index is 12.1. The second-order valence-electron chi connectivity index (χ2n) is 7.10. The zero-order valence-electron chi connectivity index (χ0n) is 13.9. The Kier molecular flexibility index (Phi) is 4.50. The first-order valence-electron chi connectivity index (χ1n) is 7.40. The molecule has 6 heteroatoms. The Morgan fingerprint density at radius 3 is 2.65 bits per heavy atom. The first-order valence-corrected chi connectivity index (χ1v) is 7.84. The van der Waals surface area contributed by atoms with E-state index < -0.39 is 28.7 Å². The molecule has 5 nitrogen and oxygen atoms in total. The molecule has 1 N–H and O–H groups in total. The van der Waals surface area contributed by atoms with Gasteiger partial charge in [0.15, 0.2) is 0 Å². The van der Waals surface area contributed by atoms with Gasteiger partial charge in [-0.2, -0.15) is 5.26 Å². The third-order valence-corrected chi connectivity index (χ3v) is 4.01. The molecule has 0 saturated carbocycles. The Balaban J connectivity index is 2.29. The highest BCUT2D eigenvalue weighted by atomic mass is 35.5. The molecular weight excluding hydrogens is 316 g/mol. The van der Waals surface area contributed by atoms with Crippen molar-refractivity contribution in [1.82, 2.24) is 5.32 Å². The van der Waals surface area contributed by atoms with Gasteiger partial charge >= 0.3 is 6.09 Å². The smallest absolute Gasteiger partial charge is 0.408 e. The van der Waals surface area contributed by atoms with Crippen LogP contribution in [0, 0.1) is 11.3 Å². The van der Waals surface area contributed by atoms with Gasteiger partial charge in [-0.05, 0) is 52.8 Å². The van der Waals surface area contributed by atoms with Gasteiger partial charge in [0.05, 0.1) is 23.1 Å². The summed E-state index contributed by atoms with van der Waals surface area (Å²) in [6.45, 7) is 9.09. The summed E-state index contributed by atoms with van der Waals surface area (Å²) in [7, 11) is 0. The maximum absolute atomic E-state index is 12.1. The Labute approximate surface area is 141 Å². The van der Waals surface area contributed by atoms with Crippen LogP contribution in [0.25, 0.3) is 0 Å². The first kappa shape index (κ1) is 17.4. The number of nitrogens with one attached hydrogen (secondary N) is 1. The number of alkyl carbamates (subject to hydrolysis) is 1. The van der Waals surface area contributed by atoms with Crippen LogP contribution in [-0.4, -0.2) is 23.3 Å². The van der Waals surface area contributed by atoms with E-state index in [1.165, 1.54) is 0 Å². The van der Waals surface area contributed by atoms with Crippen molar-refractivity contribution in [2.24, 2.45) is 0 Å².